The summed E-state index contributed by atoms with van der Waals surface area (Å²) in [7, 11) is -4.62. The van der Waals surface area contributed by atoms with Gasteiger partial charge in [-0.15, -0.1) is 5.11 Å². The second-order valence-corrected chi connectivity index (χ2v) is 6.16. The number of rotatable bonds is 3. The van der Waals surface area contributed by atoms with Gasteiger partial charge in [-0.05, 0) is 23.6 Å². The molecule has 0 fully saturated rings. The number of phenols is 1. The molecule has 0 atom stereocenters. The van der Waals surface area contributed by atoms with Gasteiger partial charge in [0, 0.05) is 5.39 Å². The van der Waals surface area contributed by atoms with E-state index in [1.54, 1.807) is 42.5 Å². The molecule has 0 amide bonds. The predicted molar refractivity (Wildman–Crippen MR) is 86.0 cm³/mol. The van der Waals surface area contributed by atoms with Crippen LogP contribution in [-0.2, 0) is 10.1 Å². The highest BCUT2D eigenvalue weighted by molar-refractivity contribution is 7.86. The first kappa shape index (κ1) is 15.1. The van der Waals surface area contributed by atoms with Crippen molar-refractivity contribution in [1.29, 1.82) is 0 Å². The van der Waals surface area contributed by atoms with Crippen LogP contribution < -0.4 is 0 Å². The van der Waals surface area contributed by atoms with Crippen molar-refractivity contribution in [3.63, 3.8) is 0 Å². The monoisotopic (exact) mass is 328 g/mol. The van der Waals surface area contributed by atoms with Gasteiger partial charge in [-0.3, -0.25) is 4.55 Å². The number of hydrogen-bond donors (Lipinski definition) is 2. The highest BCUT2D eigenvalue weighted by atomic mass is 32.2. The average Bonchev–Trinajstić information content (AvgIpc) is 2.52. The van der Waals surface area contributed by atoms with Crippen molar-refractivity contribution in [2.24, 2.45) is 10.2 Å². The van der Waals surface area contributed by atoms with E-state index in [1.165, 1.54) is 12.1 Å². The van der Waals surface area contributed by atoms with Crippen LogP contribution in [0.5, 0.6) is 5.75 Å². The number of azo groups is 1. The second-order valence-electron chi connectivity index (χ2n) is 4.81. The first-order chi connectivity index (χ1) is 11.0. The van der Waals surface area contributed by atoms with Crippen LogP contribution in [0.25, 0.3) is 10.8 Å². The Bertz CT molecular complexity index is 999. The van der Waals surface area contributed by atoms with Gasteiger partial charge >= 0.3 is 0 Å². The van der Waals surface area contributed by atoms with E-state index < -0.39 is 20.8 Å². The molecule has 0 radical (unpaired) electrons. The summed E-state index contributed by atoms with van der Waals surface area (Å²) in [5.74, 6) is -0.633. The van der Waals surface area contributed by atoms with Crippen molar-refractivity contribution in [3.8, 4) is 5.75 Å². The number of benzene rings is 3. The van der Waals surface area contributed by atoms with E-state index in [-0.39, 0.29) is 11.1 Å². The molecular formula is C16H12N2O4S. The van der Waals surface area contributed by atoms with Gasteiger partial charge < -0.3 is 5.11 Å². The van der Waals surface area contributed by atoms with Crippen molar-refractivity contribution < 1.29 is 18.1 Å². The standard InChI is InChI=1S/C16H12N2O4S/c19-15-14(18-17-12-7-2-1-3-8-12)10-11-6-4-5-9-13(11)16(15)23(20,21)22/h1-10,19H,(H,20,21,22). The van der Waals surface area contributed by atoms with Crippen LogP contribution in [0.2, 0.25) is 0 Å². The molecule has 3 aromatic carbocycles. The normalized spacial score (nSPS) is 12.0. The summed E-state index contributed by atoms with van der Waals surface area (Å²) in [5, 5.41) is 18.8. The van der Waals surface area contributed by atoms with Crippen molar-refractivity contribution in [2.45, 2.75) is 4.90 Å². The summed E-state index contributed by atoms with van der Waals surface area (Å²) in [6.07, 6.45) is 0. The molecule has 3 rings (SSSR count). The maximum Gasteiger partial charge on any atom is 0.298 e. The van der Waals surface area contributed by atoms with Gasteiger partial charge in [0.05, 0.1) is 5.69 Å². The molecule has 0 heterocycles. The molecular weight excluding hydrogens is 316 g/mol. The van der Waals surface area contributed by atoms with Crippen molar-refractivity contribution in [2.75, 3.05) is 0 Å². The zero-order valence-electron chi connectivity index (χ0n) is 11.8. The van der Waals surface area contributed by atoms with Crippen molar-refractivity contribution in [1.82, 2.24) is 0 Å². The smallest absolute Gasteiger partial charge is 0.298 e. The quantitative estimate of drug-likeness (QED) is 0.555. The first-order valence-electron chi connectivity index (χ1n) is 6.66. The molecule has 0 spiro atoms. The van der Waals surface area contributed by atoms with E-state index in [4.69, 9.17) is 0 Å². The molecule has 2 N–H and O–H groups in total. The summed E-state index contributed by atoms with van der Waals surface area (Å²) in [6.45, 7) is 0. The molecule has 0 aliphatic rings. The number of hydrogen-bond acceptors (Lipinski definition) is 5. The van der Waals surface area contributed by atoms with Crippen LogP contribution in [0.15, 0.2) is 75.8 Å². The van der Waals surface area contributed by atoms with E-state index in [0.717, 1.165) is 0 Å². The number of phenolic OH excluding ortho intramolecular Hbond substituents is 1. The summed E-state index contributed by atoms with van der Waals surface area (Å²) in [4.78, 5) is -0.572. The highest BCUT2D eigenvalue weighted by Crippen LogP contribution is 2.40. The zero-order valence-corrected chi connectivity index (χ0v) is 12.6. The van der Waals surface area contributed by atoms with Gasteiger partial charge in [-0.1, -0.05) is 42.5 Å². The van der Waals surface area contributed by atoms with Crippen LogP contribution >= 0.6 is 0 Å². The molecule has 0 unspecified atom stereocenters. The molecule has 0 saturated heterocycles. The molecule has 0 saturated carbocycles. The van der Waals surface area contributed by atoms with Crippen LogP contribution in [0, 0.1) is 0 Å². The van der Waals surface area contributed by atoms with Crippen LogP contribution in [0.4, 0.5) is 11.4 Å². The van der Waals surface area contributed by atoms with E-state index in [2.05, 4.69) is 10.2 Å². The van der Waals surface area contributed by atoms with Gasteiger partial charge in [0.25, 0.3) is 10.1 Å². The summed E-state index contributed by atoms with van der Waals surface area (Å²) in [5.41, 5.74) is 0.508. The molecule has 7 heteroatoms. The molecule has 0 aromatic heterocycles. The topological polar surface area (TPSA) is 99.3 Å². The van der Waals surface area contributed by atoms with Crippen LogP contribution in [0.3, 0.4) is 0 Å². The van der Waals surface area contributed by atoms with E-state index >= 15 is 0 Å². The minimum absolute atomic E-state index is 0.0415. The van der Waals surface area contributed by atoms with E-state index in [1.807, 2.05) is 6.07 Å². The van der Waals surface area contributed by atoms with Gasteiger partial charge in [-0.25, -0.2) is 0 Å². The molecule has 3 aromatic rings. The molecule has 0 aliphatic heterocycles. The number of aromatic hydroxyl groups is 1. The largest absolute Gasteiger partial charge is 0.504 e. The lowest BCUT2D eigenvalue weighted by atomic mass is 10.1. The third-order valence-electron chi connectivity index (χ3n) is 3.24. The Labute approximate surface area is 132 Å². The lowest BCUT2D eigenvalue weighted by molar-refractivity contribution is 0.446. The first-order valence-corrected chi connectivity index (χ1v) is 8.10. The minimum Gasteiger partial charge on any atom is -0.504 e. The van der Waals surface area contributed by atoms with Gasteiger partial charge in [-0.2, -0.15) is 13.5 Å². The molecule has 23 heavy (non-hydrogen) atoms. The number of fused-ring (bicyclic) bond motifs is 1. The average molecular weight is 328 g/mol. The van der Waals surface area contributed by atoms with Gasteiger partial charge in [0.15, 0.2) is 5.75 Å². The summed E-state index contributed by atoms with van der Waals surface area (Å²) in [6, 6.07) is 16.8. The minimum atomic E-state index is -4.62. The van der Waals surface area contributed by atoms with Crippen LogP contribution in [-0.4, -0.2) is 18.1 Å². The van der Waals surface area contributed by atoms with E-state index in [0.29, 0.717) is 11.1 Å². The maximum absolute atomic E-state index is 11.6. The Morgan fingerprint density at radius 1 is 0.870 bits per heavy atom. The Hall–Kier alpha value is -2.77. The van der Waals surface area contributed by atoms with Crippen molar-refractivity contribution >= 4 is 32.3 Å². The third-order valence-corrected chi connectivity index (χ3v) is 4.17. The Balaban J connectivity index is 2.23. The molecule has 0 aliphatic carbocycles. The lowest BCUT2D eigenvalue weighted by Gasteiger charge is -2.08. The predicted octanol–water partition coefficient (Wildman–Crippen LogP) is 4.21. The van der Waals surface area contributed by atoms with Gasteiger partial charge in [0.2, 0.25) is 0 Å². The fourth-order valence-corrected chi connectivity index (χ4v) is 3.05. The Morgan fingerprint density at radius 3 is 2.22 bits per heavy atom. The maximum atomic E-state index is 11.6. The molecule has 116 valence electrons. The summed E-state index contributed by atoms with van der Waals surface area (Å²) < 4.78 is 32.7. The lowest BCUT2D eigenvalue weighted by Crippen LogP contribution is -2.00. The van der Waals surface area contributed by atoms with Gasteiger partial charge in [0.1, 0.15) is 10.6 Å². The fraction of sp³-hybridized carbons (Fsp3) is 0. The zero-order chi connectivity index (χ0) is 16.4. The summed E-state index contributed by atoms with van der Waals surface area (Å²) >= 11 is 0. The third kappa shape index (κ3) is 3.05. The Morgan fingerprint density at radius 2 is 1.52 bits per heavy atom. The van der Waals surface area contributed by atoms with E-state index in [9.17, 15) is 18.1 Å². The molecule has 6 nitrogen and oxygen atoms in total. The van der Waals surface area contributed by atoms with Crippen molar-refractivity contribution in [3.05, 3.63) is 60.7 Å². The highest BCUT2D eigenvalue weighted by Gasteiger charge is 2.22. The fourth-order valence-electron chi connectivity index (χ4n) is 2.23. The SMILES string of the molecule is O=S(=O)(O)c1c(O)c(N=Nc2ccccc2)cc2ccccc12. The Kier molecular flexibility index (Phi) is 3.81. The number of nitrogens with zero attached hydrogens (tertiary/aromatic N) is 2. The second kappa shape index (κ2) is 5.79. The van der Waals surface area contributed by atoms with Crippen LogP contribution in [0.1, 0.15) is 0 Å². The molecule has 0 bridgehead atoms.